The highest BCUT2D eigenvalue weighted by Crippen LogP contribution is 2.18. The predicted octanol–water partition coefficient (Wildman–Crippen LogP) is 1.71. The fourth-order valence-corrected chi connectivity index (χ4v) is 2.52. The number of likely N-dealkylation sites (N-methyl/N-ethyl adjacent to an activating group) is 1. The maximum absolute atomic E-state index is 9.54. The van der Waals surface area contributed by atoms with E-state index in [0.29, 0.717) is 6.10 Å². The topological polar surface area (TPSA) is 50.7 Å². The lowest BCUT2D eigenvalue weighted by Crippen LogP contribution is -2.48. The van der Waals surface area contributed by atoms with Gasteiger partial charge in [-0.25, -0.2) is 0 Å². The van der Waals surface area contributed by atoms with Crippen molar-refractivity contribution < 1.29 is 14.6 Å². The molecular weight excluding hydrogens is 230 g/mol. The van der Waals surface area contributed by atoms with Gasteiger partial charge in [0.2, 0.25) is 0 Å². The zero-order valence-electron chi connectivity index (χ0n) is 11.9. The van der Waals surface area contributed by atoms with Gasteiger partial charge in [0.05, 0.1) is 12.7 Å². The third-order valence-electron chi connectivity index (χ3n) is 3.85. The van der Waals surface area contributed by atoms with E-state index in [-0.39, 0.29) is 12.1 Å². The van der Waals surface area contributed by atoms with Crippen molar-refractivity contribution in [3.63, 3.8) is 0 Å². The summed E-state index contributed by atoms with van der Waals surface area (Å²) in [6.45, 7) is 7.76. The average Bonchev–Trinajstić information content (AvgIpc) is 2.43. The number of nitrogens with one attached hydrogen (secondary N) is 1. The Morgan fingerprint density at radius 1 is 1.33 bits per heavy atom. The van der Waals surface area contributed by atoms with Crippen LogP contribution in [-0.4, -0.2) is 49.7 Å². The van der Waals surface area contributed by atoms with Gasteiger partial charge >= 0.3 is 0 Å². The second-order valence-electron chi connectivity index (χ2n) is 5.11. The standard InChI is InChI=1S/C14H29NO3/c1-3-14(12-16,15-4-2)8-5-9-18-13-6-10-17-11-7-13/h13,15-16H,3-12H2,1-2H3. The molecule has 18 heavy (non-hydrogen) atoms. The number of aliphatic hydroxyl groups is 1. The second kappa shape index (κ2) is 8.86. The number of ether oxygens (including phenoxy) is 2. The van der Waals surface area contributed by atoms with Crippen LogP contribution in [0.5, 0.6) is 0 Å². The van der Waals surface area contributed by atoms with Crippen LogP contribution >= 0.6 is 0 Å². The van der Waals surface area contributed by atoms with Crippen LogP contribution < -0.4 is 5.32 Å². The molecular formula is C14H29NO3. The summed E-state index contributed by atoms with van der Waals surface area (Å²) in [5.74, 6) is 0. The molecule has 0 aliphatic carbocycles. The number of rotatable bonds is 9. The molecule has 1 unspecified atom stereocenters. The summed E-state index contributed by atoms with van der Waals surface area (Å²) < 4.78 is 11.2. The first-order chi connectivity index (χ1) is 8.76. The molecule has 0 spiro atoms. The molecule has 0 aromatic rings. The van der Waals surface area contributed by atoms with Crippen molar-refractivity contribution in [2.45, 2.75) is 57.6 Å². The molecule has 2 N–H and O–H groups in total. The molecule has 4 heteroatoms. The third-order valence-corrected chi connectivity index (χ3v) is 3.85. The quantitative estimate of drug-likeness (QED) is 0.619. The zero-order valence-corrected chi connectivity index (χ0v) is 11.9. The van der Waals surface area contributed by atoms with Crippen LogP contribution in [0.15, 0.2) is 0 Å². The fourth-order valence-electron chi connectivity index (χ4n) is 2.52. The molecule has 1 heterocycles. The molecule has 1 fully saturated rings. The summed E-state index contributed by atoms with van der Waals surface area (Å²) in [7, 11) is 0. The normalized spacial score (nSPS) is 20.8. The largest absolute Gasteiger partial charge is 0.394 e. The molecule has 1 aliphatic heterocycles. The van der Waals surface area contributed by atoms with Crippen molar-refractivity contribution in [2.75, 3.05) is 33.0 Å². The molecule has 0 aromatic heterocycles. The van der Waals surface area contributed by atoms with Crippen molar-refractivity contribution in [2.24, 2.45) is 0 Å². The molecule has 0 radical (unpaired) electrons. The first kappa shape index (κ1) is 15.9. The van der Waals surface area contributed by atoms with E-state index >= 15 is 0 Å². The lowest BCUT2D eigenvalue weighted by Gasteiger charge is -2.32. The minimum Gasteiger partial charge on any atom is -0.394 e. The van der Waals surface area contributed by atoms with Gasteiger partial charge in [-0.15, -0.1) is 0 Å². The predicted molar refractivity (Wildman–Crippen MR) is 72.8 cm³/mol. The van der Waals surface area contributed by atoms with Gasteiger partial charge in [-0.05, 0) is 38.6 Å². The van der Waals surface area contributed by atoms with Crippen LogP contribution in [0, 0.1) is 0 Å². The number of hydrogen-bond acceptors (Lipinski definition) is 4. The van der Waals surface area contributed by atoms with Gasteiger partial charge in [0.25, 0.3) is 0 Å². The van der Waals surface area contributed by atoms with Crippen LogP contribution in [0.2, 0.25) is 0 Å². The van der Waals surface area contributed by atoms with Crippen molar-refractivity contribution in [3.05, 3.63) is 0 Å². The van der Waals surface area contributed by atoms with E-state index < -0.39 is 0 Å². The molecule has 108 valence electrons. The highest BCUT2D eigenvalue weighted by molar-refractivity contribution is 4.85. The molecule has 1 aliphatic rings. The highest BCUT2D eigenvalue weighted by atomic mass is 16.5. The molecule has 4 nitrogen and oxygen atoms in total. The molecule has 1 saturated heterocycles. The molecule has 1 rings (SSSR count). The average molecular weight is 259 g/mol. The van der Waals surface area contributed by atoms with Crippen LogP contribution in [-0.2, 0) is 9.47 Å². The number of aliphatic hydroxyl groups excluding tert-OH is 1. The highest BCUT2D eigenvalue weighted by Gasteiger charge is 2.25. The fraction of sp³-hybridized carbons (Fsp3) is 1.00. The second-order valence-corrected chi connectivity index (χ2v) is 5.11. The SMILES string of the molecule is CCNC(CC)(CO)CCCOC1CCOCC1. The van der Waals surface area contributed by atoms with Crippen molar-refractivity contribution in [1.29, 1.82) is 0 Å². The van der Waals surface area contributed by atoms with E-state index in [1.165, 1.54) is 0 Å². The van der Waals surface area contributed by atoms with Gasteiger partial charge in [0.15, 0.2) is 0 Å². The summed E-state index contributed by atoms with van der Waals surface area (Å²) in [5, 5.41) is 12.9. The van der Waals surface area contributed by atoms with E-state index in [1.807, 2.05) is 0 Å². The van der Waals surface area contributed by atoms with Crippen molar-refractivity contribution in [1.82, 2.24) is 5.32 Å². The van der Waals surface area contributed by atoms with Crippen molar-refractivity contribution >= 4 is 0 Å². The van der Waals surface area contributed by atoms with Crippen LogP contribution in [0.4, 0.5) is 0 Å². The Hall–Kier alpha value is -0.160. The molecule has 0 amide bonds. The van der Waals surface area contributed by atoms with E-state index in [1.54, 1.807) is 0 Å². The van der Waals surface area contributed by atoms with Crippen molar-refractivity contribution in [3.8, 4) is 0 Å². The monoisotopic (exact) mass is 259 g/mol. The Bertz CT molecular complexity index is 201. The summed E-state index contributed by atoms with van der Waals surface area (Å²) in [6, 6.07) is 0. The third kappa shape index (κ3) is 5.22. The Balaban J connectivity index is 2.17. The Morgan fingerprint density at radius 2 is 2.06 bits per heavy atom. The summed E-state index contributed by atoms with van der Waals surface area (Å²) in [5.41, 5.74) is -0.117. The van der Waals surface area contributed by atoms with Gasteiger partial charge in [0, 0.05) is 25.4 Å². The smallest absolute Gasteiger partial charge is 0.0619 e. The summed E-state index contributed by atoms with van der Waals surface area (Å²) in [4.78, 5) is 0. The van der Waals surface area contributed by atoms with Gasteiger partial charge < -0.3 is 19.9 Å². The van der Waals surface area contributed by atoms with Gasteiger partial charge in [0.1, 0.15) is 0 Å². The van der Waals surface area contributed by atoms with E-state index in [0.717, 1.165) is 58.5 Å². The zero-order chi connectivity index (χ0) is 13.3. The van der Waals surface area contributed by atoms with E-state index in [4.69, 9.17) is 9.47 Å². The van der Waals surface area contributed by atoms with Gasteiger partial charge in [-0.3, -0.25) is 0 Å². The minimum atomic E-state index is -0.117. The van der Waals surface area contributed by atoms with Crippen LogP contribution in [0.25, 0.3) is 0 Å². The minimum absolute atomic E-state index is 0.117. The Labute approximate surface area is 111 Å². The van der Waals surface area contributed by atoms with Crippen LogP contribution in [0.1, 0.15) is 46.0 Å². The Morgan fingerprint density at radius 3 is 2.61 bits per heavy atom. The maximum Gasteiger partial charge on any atom is 0.0619 e. The van der Waals surface area contributed by atoms with E-state index in [2.05, 4.69) is 19.2 Å². The van der Waals surface area contributed by atoms with E-state index in [9.17, 15) is 5.11 Å². The lowest BCUT2D eigenvalue weighted by atomic mass is 9.91. The number of hydrogen-bond donors (Lipinski definition) is 2. The molecule has 0 bridgehead atoms. The Kier molecular flexibility index (Phi) is 7.82. The lowest BCUT2D eigenvalue weighted by molar-refractivity contribution is -0.0345. The molecule has 1 atom stereocenters. The summed E-state index contributed by atoms with van der Waals surface area (Å²) >= 11 is 0. The molecule has 0 aromatic carbocycles. The van der Waals surface area contributed by atoms with Crippen LogP contribution in [0.3, 0.4) is 0 Å². The first-order valence-corrected chi connectivity index (χ1v) is 7.31. The first-order valence-electron chi connectivity index (χ1n) is 7.31. The van der Waals surface area contributed by atoms with Gasteiger partial charge in [-0.1, -0.05) is 13.8 Å². The maximum atomic E-state index is 9.54. The molecule has 0 saturated carbocycles. The summed E-state index contributed by atoms with van der Waals surface area (Å²) in [6.07, 6.45) is 5.34. The van der Waals surface area contributed by atoms with Gasteiger partial charge in [-0.2, -0.15) is 0 Å².